The van der Waals surface area contributed by atoms with E-state index in [9.17, 15) is 4.79 Å². The molecule has 0 bridgehead atoms. The van der Waals surface area contributed by atoms with Crippen LogP contribution in [0.15, 0.2) is 104 Å². The molecule has 4 aromatic carbocycles. The summed E-state index contributed by atoms with van der Waals surface area (Å²) in [5.41, 5.74) is 3.30. The number of hydrogen-bond donors (Lipinski definition) is 1. The van der Waals surface area contributed by atoms with Gasteiger partial charge in [0.25, 0.3) is 14.2 Å². The summed E-state index contributed by atoms with van der Waals surface area (Å²) in [6, 6.07) is 28.8. The van der Waals surface area contributed by atoms with Crippen LogP contribution >= 0.6 is 0 Å². The minimum atomic E-state index is -2.88. The first-order valence-electron chi connectivity index (χ1n) is 17.6. The lowest BCUT2D eigenvalue weighted by molar-refractivity contribution is 0.102. The number of benzene rings is 4. The van der Waals surface area contributed by atoms with Crippen molar-refractivity contribution in [1.82, 2.24) is 29.8 Å². The third-order valence-corrected chi connectivity index (χ3v) is 15.1. The molecule has 1 amide bonds. The van der Waals surface area contributed by atoms with Gasteiger partial charge in [0.05, 0.1) is 41.1 Å². The van der Waals surface area contributed by atoms with Gasteiger partial charge >= 0.3 is 0 Å². The van der Waals surface area contributed by atoms with E-state index >= 15 is 4.39 Å². The topological polar surface area (TPSA) is 109 Å². The molecule has 1 unspecified atom stereocenters. The number of amides is 1. The molecule has 52 heavy (non-hydrogen) atoms. The molecule has 0 spiro atoms. The lowest BCUT2D eigenvalue weighted by Crippen LogP contribution is -2.67. The number of rotatable bonds is 9. The Morgan fingerprint density at radius 2 is 1.71 bits per heavy atom. The maximum Gasteiger partial charge on any atom is 0.261 e. The maximum atomic E-state index is 15.4. The van der Waals surface area contributed by atoms with Gasteiger partial charge in [-0.3, -0.25) is 4.79 Å². The first-order chi connectivity index (χ1) is 25.1. The van der Waals surface area contributed by atoms with E-state index in [1.807, 2.05) is 35.9 Å². The molecule has 3 heterocycles. The largest absolute Gasteiger partial charge is 0.488 e. The molecule has 12 heteroatoms. The highest BCUT2D eigenvalue weighted by Crippen LogP contribution is 2.42. The van der Waals surface area contributed by atoms with Crippen LogP contribution in [-0.2, 0) is 4.43 Å². The molecule has 10 nitrogen and oxygen atoms in total. The smallest absolute Gasteiger partial charge is 0.261 e. The number of nitrogens with one attached hydrogen (secondary N) is 1. The van der Waals surface area contributed by atoms with Gasteiger partial charge in [-0.25, -0.2) is 14.1 Å². The summed E-state index contributed by atoms with van der Waals surface area (Å²) in [5, 5.41) is 17.8. The van der Waals surface area contributed by atoms with Crippen LogP contribution < -0.4 is 20.4 Å². The fraction of sp³-hybridized carbons (Fsp3) is 0.275. The van der Waals surface area contributed by atoms with Gasteiger partial charge in [-0.05, 0) is 75.4 Å². The van der Waals surface area contributed by atoms with Crippen LogP contribution in [0, 0.1) is 12.7 Å². The zero-order chi connectivity index (χ0) is 36.0. The highest BCUT2D eigenvalue weighted by molar-refractivity contribution is 6.99. The van der Waals surface area contributed by atoms with Crippen LogP contribution in [0.5, 0.6) is 5.75 Å². The molecule has 2 aromatic heterocycles. The summed E-state index contributed by atoms with van der Waals surface area (Å²) < 4.78 is 32.7. The number of halogens is 1. The predicted octanol–water partition coefficient (Wildman–Crippen LogP) is 6.61. The Morgan fingerprint density at radius 3 is 2.38 bits per heavy atom. The Balaban J connectivity index is 1.09. The SMILES string of the molecule is Cc1cc(F)c(C(=O)Nc2cccc3c2OCC(CO[Si](c2ccccc2)(c2ccccc2)C(C)(C)C)n2nnnc2-3)cc1-n1cnc(C2CC2)c1. The van der Waals surface area contributed by atoms with Crippen molar-refractivity contribution in [1.29, 1.82) is 0 Å². The number of carbonyl (C=O) groups is 1. The molecule has 1 N–H and O–H groups in total. The zero-order valence-corrected chi connectivity index (χ0v) is 30.6. The van der Waals surface area contributed by atoms with Crippen molar-refractivity contribution in [3.63, 3.8) is 0 Å². The van der Waals surface area contributed by atoms with Crippen molar-refractivity contribution >= 4 is 30.3 Å². The fourth-order valence-electron chi connectivity index (χ4n) is 7.30. The van der Waals surface area contributed by atoms with Crippen molar-refractivity contribution in [3.8, 4) is 22.8 Å². The summed E-state index contributed by atoms with van der Waals surface area (Å²) in [4.78, 5) is 18.3. The molecule has 2 aliphatic rings. The molecule has 1 aliphatic heterocycles. The second kappa shape index (κ2) is 13.3. The number of aromatic nitrogens is 6. The molecule has 1 fully saturated rings. The maximum absolute atomic E-state index is 15.4. The summed E-state index contributed by atoms with van der Waals surface area (Å²) in [5.74, 6) is 0.134. The second-order valence-corrected chi connectivity index (χ2v) is 18.9. The molecule has 1 saturated carbocycles. The third-order valence-electron chi connectivity index (χ3n) is 10.1. The standard InChI is InChI=1S/C40H40FN7O3Si/c1-26-20-33(41)32(21-36(26)47-22-35(42-25-47)27-18-19-27)39(49)43-34-17-11-16-31-37(34)50-23-28(48-38(31)44-45-46-48)24-51-52(40(2,3)4,29-12-7-5-8-13-29)30-14-9-6-10-15-30/h5-17,20-22,25,27-28H,18-19,23-24H2,1-4H3,(H,43,49). The van der Waals surface area contributed by atoms with E-state index in [4.69, 9.17) is 9.16 Å². The van der Waals surface area contributed by atoms with Gasteiger partial charge in [0.1, 0.15) is 18.5 Å². The van der Waals surface area contributed by atoms with Crippen LogP contribution in [-0.4, -0.2) is 57.2 Å². The molecule has 6 aromatic rings. The van der Waals surface area contributed by atoms with E-state index in [1.165, 1.54) is 6.07 Å². The van der Waals surface area contributed by atoms with Gasteiger partial charge in [-0.15, -0.1) is 5.10 Å². The van der Waals surface area contributed by atoms with Gasteiger partial charge < -0.3 is 19.0 Å². The van der Waals surface area contributed by atoms with E-state index in [0.29, 0.717) is 40.0 Å². The normalized spacial score (nSPS) is 15.7. The third kappa shape index (κ3) is 6.01. The van der Waals surface area contributed by atoms with Crippen molar-refractivity contribution in [2.75, 3.05) is 18.5 Å². The molecule has 1 atom stereocenters. The Bertz CT molecular complexity index is 2210. The molecule has 8 rings (SSSR count). The van der Waals surface area contributed by atoms with Gasteiger partial charge in [0.2, 0.25) is 0 Å². The fourth-order valence-corrected chi connectivity index (χ4v) is 11.9. The van der Waals surface area contributed by atoms with Crippen molar-refractivity contribution < 1.29 is 18.3 Å². The second-order valence-electron chi connectivity index (χ2n) is 14.6. The number of tetrazole rings is 1. The number of ether oxygens (including phenoxy) is 1. The lowest BCUT2D eigenvalue weighted by Gasteiger charge is -2.43. The number of nitrogens with zero attached hydrogens (tertiary/aromatic N) is 6. The summed E-state index contributed by atoms with van der Waals surface area (Å²) in [6.45, 7) is 8.96. The van der Waals surface area contributed by atoms with Gasteiger partial charge in [0, 0.05) is 12.1 Å². The molecular weight excluding hydrogens is 674 g/mol. The van der Waals surface area contributed by atoms with Crippen LogP contribution in [0.4, 0.5) is 10.1 Å². The van der Waals surface area contributed by atoms with Crippen molar-refractivity contribution in [2.45, 2.75) is 57.5 Å². The average Bonchev–Trinajstić information content (AvgIpc) is 3.71. The Kier molecular flexibility index (Phi) is 8.58. The average molecular weight is 714 g/mol. The molecule has 1 aliphatic carbocycles. The van der Waals surface area contributed by atoms with Gasteiger partial charge in [0.15, 0.2) is 11.6 Å². The number of imidazole rings is 1. The van der Waals surface area contributed by atoms with Crippen LogP contribution in [0.2, 0.25) is 5.04 Å². The first-order valence-corrected chi connectivity index (χ1v) is 19.5. The molecule has 264 valence electrons. The Morgan fingerprint density at radius 1 is 1.00 bits per heavy atom. The number of anilines is 1. The first kappa shape index (κ1) is 33.7. The van der Waals surface area contributed by atoms with Gasteiger partial charge in [-0.1, -0.05) is 87.5 Å². The van der Waals surface area contributed by atoms with Crippen LogP contribution in [0.25, 0.3) is 17.1 Å². The Labute approximate surface area is 302 Å². The summed E-state index contributed by atoms with van der Waals surface area (Å²) >= 11 is 0. The zero-order valence-electron chi connectivity index (χ0n) is 29.6. The van der Waals surface area contributed by atoms with Crippen LogP contribution in [0.1, 0.15) is 67.2 Å². The predicted molar refractivity (Wildman–Crippen MR) is 200 cm³/mol. The van der Waals surface area contributed by atoms with E-state index in [-0.39, 0.29) is 23.8 Å². The summed E-state index contributed by atoms with van der Waals surface area (Å²) in [6.07, 6.45) is 5.93. The van der Waals surface area contributed by atoms with E-state index in [0.717, 1.165) is 28.9 Å². The highest BCUT2D eigenvalue weighted by Gasteiger charge is 2.50. The van der Waals surface area contributed by atoms with Crippen LogP contribution in [0.3, 0.4) is 0 Å². The monoisotopic (exact) mass is 713 g/mol. The van der Waals surface area contributed by atoms with Gasteiger partial charge in [-0.2, -0.15) is 0 Å². The quantitative estimate of drug-likeness (QED) is 0.168. The Hall–Kier alpha value is -5.46. The summed E-state index contributed by atoms with van der Waals surface area (Å²) in [7, 11) is -2.88. The van der Waals surface area contributed by atoms with E-state index in [2.05, 4.69) is 95.1 Å². The number of aryl methyl sites for hydroxylation is 1. The van der Waals surface area contributed by atoms with Crippen molar-refractivity contribution in [3.05, 3.63) is 126 Å². The molecular formula is C40H40FN7O3Si. The lowest BCUT2D eigenvalue weighted by atomic mass is 10.1. The van der Waals surface area contributed by atoms with E-state index in [1.54, 1.807) is 29.2 Å². The van der Waals surface area contributed by atoms with Crippen molar-refractivity contribution in [2.24, 2.45) is 0 Å². The molecule has 0 radical (unpaired) electrons. The van der Waals surface area contributed by atoms with E-state index < -0.39 is 26.1 Å². The number of carbonyl (C=O) groups excluding carboxylic acids is 1. The molecule has 0 saturated heterocycles. The minimum absolute atomic E-state index is 0.0880. The minimum Gasteiger partial charge on any atom is -0.488 e. The number of fused-ring (bicyclic) bond motifs is 3. The highest BCUT2D eigenvalue weighted by atomic mass is 28.4. The number of para-hydroxylation sites is 1. The number of hydrogen-bond acceptors (Lipinski definition) is 7.